The monoisotopic (exact) mass is 381 g/mol. The summed E-state index contributed by atoms with van der Waals surface area (Å²) >= 11 is 0. The fourth-order valence-electron chi connectivity index (χ4n) is 2.60. The van der Waals surface area contributed by atoms with Gasteiger partial charge in [-0.15, -0.1) is 0 Å². The minimum Gasteiger partial charge on any atom is -0.465 e. The molecule has 0 radical (unpaired) electrons. The van der Waals surface area contributed by atoms with Crippen molar-refractivity contribution in [2.75, 3.05) is 13.7 Å². The van der Waals surface area contributed by atoms with Gasteiger partial charge in [-0.1, -0.05) is 24.3 Å². The highest BCUT2D eigenvalue weighted by atomic mass is 16.5. The summed E-state index contributed by atoms with van der Waals surface area (Å²) in [7, 11) is 1.31. The second kappa shape index (κ2) is 8.81. The molecule has 1 N–H and O–H groups in total. The van der Waals surface area contributed by atoms with Gasteiger partial charge in [-0.3, -0.25) is 9.59 Å². The highest BCUT2D eigenvalue weighted by Crippen LogP contribution is 2.11. The molecule has 1 heterocycles. The standard InChI is InChI=1S/C20H19N3O5/c1-27-20(26)15-8-6-14(7-9-15)10-21-18(24)12-28-19(25)11-23-13-22-16-4-2-3-5-17(16)23/h2-9,13H,10-12H2,1H3,(H,21,24). The van der Waals surface area contributed by atoms with Gasteiger partial charge in [-0.2, -0.15) is 0 Å². The van der Waals surface area contributed by atoms with Gasteiger partial charge in [0.2, 0.25) is 0 Å². The van der Waals surface area contributed by atoms with E-state index in [1.165, 1.54) is 7.11 Å². The molecular weight excluding hydrogens is 362 g/mol. The van der Waals surface area contributed by atoms with E-state index in [1.807, 2.05) is 24.3 Å². The number of hydrogen-bond donors (Lipinski definition) is 1. The van der Waals surface area contributed by atoms with Crippen LogP contribution in [0.25, 0.3) is 11.0 Å². The van der Waals surface area contributed by atoms with E-state index in [-0.39, 0.29) is 19.7 Å². The smallest absolute Gasteiger partial charge is 0.337 e. The number of imidazole rings is 1. The van der Waals surface area contributed by atoms with Crippen molar-refractivity contribution in [3.8, 4) is 0 Å². The van der Waals surface area contributed by atoms with Crippen molar-refractivity contribution in [1.82, 2.24) is 14.9 Å². The number of rotatable bonds is 7. The molecule has 2 aromatic carbocycles. The lowest BCUT2D eigenvalue weighted by Crippen LogP contribution is -2.29. The van der Waals surface area contributed by atoms with Crippen molar-refractivity contribution in [2.24, 2.45) is 0 Å². The zero-order valence-electron chi connectivity index (χ0n) is 15.3. The van der Waals surface area contributed by atoms with Gasteiger partial charge in [-0.05, 0) is 29.8 Å². The summed E-state index contributed by atoms with van der Waals surface area (Å²) in [5.74, 6) is -1.37. The Labute approximate surface area is 161 Å². The summed E-state index contributed by atoms with van der Waals surface area (Å²) in [5.41, 5.74) is 2.83. The quantitative estimate of drug-likeness (QED) is 0.625. The van der Waals surface area contributed by atoms with Gasteiger partial charge in [0, 0.05) is 6.54 Å². The zero-order valence-corrected chi connectivity index (χ0v) is 15.3. The van der Waals surface area contributed by atoms with Gasteiger partial charge in [0.1, 0.15) is 6.54 Å². The van der Waals surface area contributed by atoms with E-state index in [4.69, 9.17) is 4.74 Å². The van der Waals surface area contributed by atoms with Gasteiger partial charge in [0.25, 0.3) is 5.91 Å². The second-order valence-corrected chi connectivity index (χ2v) is 5.99. The number of ether oxygens (including phenoxy) is 2. The van der Waals surface area contributed by atoms with Crippen molar-refractivity contribution in [3.63, 3.8) is 0 Å². The van der Waals surface area contributed by atoms with Gasteiger partial charge >= 0.3 is 11.9 Å². The molecule has 3 aromatic rings. The van der Waals surface area contributed by atoms with Gasteiger partial charge in [0.05, 0.1) is 30.0 Å². The van der Waals surface area contributed by atoms with Crippen LogP contribution >= 0.6 is 0 Å². The third-order valence-electron chi connectivity index (χ3n) is 4.06. The molecule has 1 aromatic heterocycles. The Kier molecular flexibility index (Phi) is 6.01. The lowest BCUT2D eigenvalue weighted by atomic mass is 10.1. The SMILES string of the molecule is COC(=O)c1ccc(CNC(=O)COC(=O)Cn2cnc3ccccc32)cc1. The van der Waals surface area contributed by atoms with Gasteiger partial charge in [0.15, 0.2) is 6.61 Å². The third-order valence-corrected chi connectivity index (χ3v) is 4.06. The fourth-order valence-corrected chi connectivity index (χ4v) is 2.60. The number of fused-ring (bicyclic) bond motifs is 1. The molecule has 0 saturated carbocycles. The minimum atomic E-state index is -0.527. The molecule has 0 bridgehead atoms. The Bertz CT molecular complexity index is 995. The average molecular weight is 381 g/mol. The fraction of sp³-hybridized carbons (Fsp3) is 0.200. The normalized spacial score (nSPS) is 10.5. The van der Waals surface area contributed by atoms with Crippen molar-refractivity contribution in [3.05, 3.63) is 66.0 Å². The molecule has 0 spiro atoms. The first kappa shape index (κ1) is 19.1. The number of esters is 2. The zero-order chi connectivity index (χ0) is 19.9. The summed E-state index contributed by atoms with van der Waals surface area (Å²) in [5, 5.41) is 2.65. The number of methoxy groups -OCH3 is 1. The Balaban J connectivity index is 1.44. The molecule has 0 aliphatic rings. The van der Waals surface area contributed by atoms with Crippen LogP contribution in [0.2, 0.25) is 0 Å². The van der Waals surface area contributed by atoms with Crippen LogP contribution in [0.4, 0.5) is 0 Å². The lowest BCUT2D eigenvalue weighted by Gasteiger charge is -2.08. The summed E-state index contributed by atoms with van der Waals surface area (Å²) < 4.78 is 11.3. The first-order valence-corrected chi connectivity index (χ1v) is 8.56. The van der Waals surface area contributed by atoms with Crippen molar-refractivity contribution in [2.45, 2.75) is 13.1 Å². The van der Waals surface area contributed by atoms with Gasteiger partial charge in [-0.25, -0.2) is 9.78 Å². The lowest BCUT2D eigenvalue weighted by molar-refractivity contribution is -0.149. The largest absolute Gasteiger partial charge is 0.465 e. The Morgan fingerprint density at radius 1 is 1.07 bits per heavy atom. The molecule has 0 atom stereocenters. The van der Waals surface area contributed by atoms with Crippen LogP contribution in [0.5, 0.6) is 0 Å². The van der Waals surface area contributed by atoms with Gasteiger partial charge < -0.3 is 19.4 Å². The molecule has 0 aliphatic heterocycles. The molecule has 0 unspecified atom stereocenters. The maximum absolute atomic E-state index is 12.0. The van der Waals surface area contributed by atoms with E-state index >= 15 is 0 Å². The first-order valence-electron chi connectivity index (χ1n) is 8.56. The molecule has 3 rings (SSSR count). The van der Waals surface area contributed by atoms with Crippen LogP contribution in [0.1, 0.15) is 15.9 Å². The maximum atomic E-state index is 12.0. The molecule has 28 heavy (non-hydrogen) atoms. The number of aromatic nitrogens is 2. The van der Waals surface area contributed by atoms with Crippen LogP contribution in [-0.2, 0) is 32.2 Å². The van der Waals surface area contributed by atoms with Crippen LogP contribution < -0.4 is 5.32 Å². The number of nitrogens with one attached hydrogen (secondary N) is 1. The van der Waals surface area contributed by atoms with E-state index in [0.29, 0.717) is 5.56 Å². The summed E-state index contributed by atoms with van der Waals surface area (Å²) in [6.07, 6.45) is 1.56. The maximum Gasteiger partial charge on any atom is 0.337 e. The summed E-state index contributed by atoms with van der Waals surface area (Å²) in [6.45, 7) is -0.140. The van der Waals surface area contributed by atoms with Crippen LogP contribution in [0.15, 0.2) is 54.9 Å². The highest BCUT2D eigenvalue weighted by molar-refractivity contribution is 5.89. The van der Waals surface area contributed by atoms with Crippen LogP contribution in [-0.4, -0.2) is 41.1 Å². The average Bonchev–Trinajstić information content (AvgIpc) is 3.13. The molecular formula is C20H19N3O5. The van der Waals surface area contributed by atoms with Crippen molar-refractivity contribution in [1.29, 1.82) is 0 Å². The second-order valence-electron chi connectivity index (χ2n) is 5.99. The van der Waals surface area contributed by atoms with E-state index in [1.54, 1.807) is 35.2 Å². The Morgan fingerprint density at radius 3 is 2.57 bits per heavy atom. The molecule has 8 heteroatoms. The molecule has 0 saturated heterocycles. The Morgan fingerprint density at radius 2 is 1.82 bits per heavy atom. The summed E-state index contributed by atoms with van der Waals surface area (Å²) in [4.78, 5) is 39.4. The molecule has 0 aliphatic carbocycles. The number of nitrogens with zero attached hydrogens (tertiary/aromatic N) is 2. The van der Waals surface area contributed by atoms with Crippen molar-refractivity contribution >= 4 is 28.9 Å². The Hall–Kier alpha value is -3.68. The van der Waals surface area contributed by atoms with Crippen LogP contribution in [0.3, 0.4) is 0 Å². The number of carbonyl (C=O) groups excluding carboxylic acids is 3. The third kappa shape index (κ3) is 4.73. The topological polar surface area (TPSA) is 99.5 Å². The summed E-state index contributed by atoms with van der Waals surface area (Å²) in [6, 6.07) is 14.1. The predicted molar refractivity (Wildman–Crippen MR) is 100 cm³/mol. The minimum absolute atomic E-state index is 0.0250. The van der Waals surface area contributed by atoms with E-state index < -0.39 is 17.8 Å². The predicted octanol–water partition coefficient (Wildman–Crippen LogP) is 1.68. The van der Waals surface area contributed by atoms with E-state index in [9.17, 15) is 14.4 Å². The number of para-hydroxylation sites is 2. The first-order chi connectivity index (χ1) is 13.6. The molecule has 144 valence electrons. The van der Waals surface area contributed by atoms with Crippen LogP contribution in [0, 0.1) is 0 Å². The van der Waals surface area contributed by atoms with E-state index in [2.05, 4.69) is 15.0 Å². The number of amides is 1. The molecule has 0 fully saturated rings. The van der Waals surface area contributed by atoms with E-state index in [0.717, 1.165) is 16.6 Å². The molecule has 1 amide bonds. The van der Waals surface area contributed by atoms with Crippen molar-refractivity contribution < 1.29 is 23.9 Å². The number of benzene rings is 2. The number of hydrogen-bond acceptors (Lipinski definition) is 6. The highest BCUT2D eigenvalue weighted by Gasteiger charge is 2.11. The number of carbonyl (C=O) groups is 3. The molecule has 8 nitrogen and oxygen atoms in total.